The zero-order chi connectivity index (χ0) is 14.6. The summed E-state index contributed by atoms with van der Waals surface area (Å²) in [5.74, 6) is -0.160. The van der Waals surface area contributed by atoms with E-state index in [2.05, 4.69) is 10.6 Å². The van der Waals surface area contributed by atoms with Crippen molar-refractivity contribution in [1.82, 2.24) is 0 Å². The molecular formula is C14H20N2O3. The molecule has 0 atom stereocenters. The second kappa shape index (κ2) is 5.73. The smallest absolute Gasteiger partial charge is 0.412 e. The summed E-state index contributed by atoms with van der Waals surface area (Å²) in [4.78, 5) is 22.7. The lowest BCUT2D eigenvalue weighted by Gasteiger charge is -2.20. The molecule has 5 nitrogen and oxygen atoms in total. The van der Waals surface area contributed by atoms with E-state index < -0.39 is 11.7 Å². The number of hydrogen-bond donors (Lipinski definition) is 2. The minimum absolute atomic E-state index is 0.160. The van der Waals surface area contributed by atoms with Gasteiger partial charge in [-0.05, 0) is 45.4 Å². The van der Waals surface area contributed by atoms with E-state index in [1.54, 1.807) is 32.9 Å². The van der Waals surface area contributed by atoms with Gasteiger partial charge in [-0.3, -0.25) is 10.1 Å². The third-order valence-corrected chi connectivity index (χ3v) is 2.19. The van der Waals surface area contributed by atoms with Crippen LogP contribution in [0.25, 0.3) is 0 Å². The molecule has 0 saturated carbocycles. The van der Waals surface area contributed by atoms with Gasteiger partial charge in [0.25, 0.3) is 0 Å². The van der Waals surface area contributed by atoms with Crippen LogP contribution in [0, 0.1) is 6.92 Å². The Bertz CT molecular complexity index is 490. The quantitative estimate of drug-likeness (QED) is 0.861. The highest BCUT2D eigenvalue weighted by molar-refractivity contribution is 5.91. The van der Waals surface area contributed by atoms with Crippen molar-refractivity contribution in [2.45, 2.75) is 40.2 Å². The van der Waals surface area contributed by atoms with Gasteiger partial charge in [0.15, 0.2) is 0 Å². The molecule has 2 N–H and O–H groups in total. The van der Waals surface area contributed by atoms with Crippen LogP contribution in [0.15, 0.2) is 18.2 Å². The van der Waals surface area contributed by atoms with Crippen molar-refractivity contribution in [2.75, 3.05) is 10.6 Å². The van der Waals surface area contributed by atoms with Crippen LogP contribution in [0.1, 0.15) is 33.3 Å². The summed E-state index contributed by atoms with van der Waals surface area (Å²) >= 11 is 0. The molecule has 5 heteroatoms. The van der Waals surface area contributed by atoms with E-state index in [1.165, 1.54) is 6.92 Å². The maximum absolute atomic E-state index is 11.7. The SMILES string of the molecule is CC(=O)Nc1ccc(C)c(NC(=O)OC(C)(C)C)c1. The topological polar surface area (TPSA) is 67.4 Å². The summed E-state index contributed by atoms with van der Waals surface area (Å²) < 4.78 is 5.18. The van der Waals surface area contributed by atoms with E-state index in [1.807, 2.05) is 13.0 Å². The maximum Gasteiger partial charge on any atom is 0.412 e. The summed E-state index contributed by atoms with van der Waals surface area (Å²) in [6.45, 7) is 8.69. The van der Waals surface area contributed by atoms with Gasteiger partial charge in [0.1, 0.15) is 5.60 Å². The molecule has 0 radical (unpaired) electrons. The number of carbonyl (C=O) groups excluding carboxylic acids is 2. The number of aryl methyl sites for hydroxylation is 1. The third kappa shape index (κ3) is 5.42. The van der Waals surface area contributed by atoms with Gasteiger partial charge < -0.3 is 10.1 Å². The van der Waals surface area contributed by atoms with Gasteiger partial charge >= 0.3 is 6.09 Å². The summed E-state index contributed by atoms with van der Waals surface area (Å²) in [7, 11) is 0. The fraction of sp³-hybridized carbons (Fsp3) is 0.429. The molecule has 1 rings (SSSR count). The fourth-order valence-electron chi connectivity index (χ4n) is 1.45. The minimum atomic E-state index is -0.548. The van der Waals surface area contributed by atoms with Crippen molar-refractivity contribution in [3.63, 3.8) is 0 Å². The largest absolute Gasteiger partial charge is 0.444 e. The number of nitrogens with one attached hydrogen (secondary N) is 2. The van der Waals surface area contributed by atoms with Crippen LogP contribution in [0.2, 0.25) is 0 Å². The molecule has 0 unspecified atom stereocenters. The second-order valence-corrected chi connectivity index (χ2v) is 5.34. The molecule has 2 amide bonds. The fourth-order valence-corrected chi connectivity index (χ4v) is 1.45. The predicted molar refractivity (Wildman–Crippen MR) is 75.3 cm³/mol. The monoisotopic (exact) mass is 264 g/mol. The summed E-state index contributed by atoms with van der Waals surface area (Å²) in [6.07, 6.45) is -0.518. The zero-order valence-electron chi connectivity index (χ0n) is 12.0. The van der Waals surface area contributed by atoms with E-state index in [0.717, 1.165) is 5.56 Å². The molecule has 1 aromatic rings. The van der Waals surface area contributed by atoms with Crippen LogP contribution in [0.3, 0.4) is 0 Å². The number of amides is 2. The van der Waals surface area contributed by atoms with E-state index in [4.69, 9.17) is 4.74 Å². The number of carbonyl (C=O) groups is 2. The Balaban J connectivity index is 2.82. The van der Waals surface area contributed by atoms with Crippen molar-refractivity contribution >= 4 is 23.4 Å². The second-order valence-electron chi connectivity index (χ2n) is 5.34. The van der Waals surface area contributed by atoms with E-state index in [9.17, 15) is 9.59 Å². The van der Waals surface area contributed by atoms with Gasteiger partial charge in [-0.1, -0.05) is 6.07 Å². The molecule has 0 aliphatic carbocycles. The first-order chi connectivity index (χ1) is 8.67. The molecule has 0 aliphatic rings. The summed E-state index contributed by atoms with van der Waals surface area (Å²) in [5, 5.41) is 5.33. The molecule has 0 aromatic heterocycles. The van der Waals surface area contributed by atoms with E-state index >= 15 is 0 Å². The minimum Gasteiger partial charge on any atom is -0.444 e. The lowest BCUT2D eigenvalue weighted by atomic mass is 10.2. The number of ether oxygens (including phenoxy) is 1. The summed E-state index contributed by atoms with van der Waals surface area (Å²) in [6, 6.07) is 5.29. The Morgan fingerprint density at radius 1 is 1.16 bits per heavy atom. The molecule has 104 valence electrons. The highest BCUT2D eigenvalue weighted by atomic mass is 16.6. The number of benzene rings is 1. The molecule has 0 fully saturated rings. The van der Waals surface area contributed by atoms with Crippen LogP contribution in [-0.2, 0) is 9.53 Å². The van der Waals surface area contributed by atoms with Crippen LogP contribution >= 0.6 is 0 Å². The van der Waals surface area contributed by atoms with Crippen molar-refractivity contribution in [2.24, 2.45) is 0 Å². The first-order valence-electron chi connectivity index (χ1n) is 6.05. The highest BCUT2D eigenvalue weighted by Crippen LogP contribution is 2.21. The van der Waals surface area contributed by atoms with Gasteiger partial charge in [-0.25, -0.2) is 4.79 Å². The van der Waals surface area contributed by atoms with Crippen molar-refractivity contribution in [1.29, 1.82) is 0 Å². The van der Waals surface area contributed by atoms with Crippen LogP contribution < -0.4 is 10.6 Å². The van der Waals surface area contributed by atoms with E-state index in [-0.39, 0.29) is 5.91 Å². The Labute approximate surface area is 113 Å². The van der Waals surface area contributed by atoms with Crippen LogP contribution in [0.5, 0.6) is 0 Å². The Kier molecular flexibility index (Phi) is 4.53. The number of anilines is 2. The zero-order valence-corrected chi connectivity index (χ0v) is 12.0. The first-order valence-corrected chi connectivity index (χ1v) is 6.05. The Morgan fingerprint density at radius 3 is 2.32 bits per heavy atom. The Morgan fingerprint density at radius 2 is 1.79 bits per heavy atom. The predicted octanol–water partition coefficient (Wildman–Crippen LogP) is 3.30. The first kappa shape index (κ1) is 15.0. The van der Waals surface area contributed by atoms with Crippen LogP contribution in [0.4, 0.5) is 16.2 Å². The Hall–Kier alpha value is -2.04. The highest BCUT2D eigenvalue weighted by Gasteiger charge is 2.16. The van der Waals surface area contributed by atoms with Crippen molar-refractivity contribution in [3.05, 3.63) is 23.8 Å². The van der Waals surface area contributed by atoms with Crippen molar-refractivity contribution < 1.29 is 14.3 Å². The molecule has 0 saturated heterocycles. The number of rotatable bonds is 2. The van der Waals surface area contributed by atoms with Crippen molar-refractivity contribution in [3.8, 4) is 0 Å². The normalized spacial score (nSPS) is 10.8. The van der Waals surface area contributed by atoms with E-state index in [0.29, 0.717) is 11.4 Å². The third-order valence-electron chi connectivity index (χ3n) is 2.19. The molecule has 0 spiro atoms. The lowest BCUT2D eigenvalue weighted by molar-refractivity contribution is -0.114. The molecule has 1 aromatic carbocycles. The average molecular weight is 264 g/mol. The lowest BCUT2D eigenvalue weighted by Crippen LogP contribution is -2.27. The molecule has 19 heavy (non-hydrogen) atoms. The average Bonchev–Trinajstić information content (AvgIpc) is 2.19. The van der Waals surface area contributed by atoms with Gasteiger partial charge in [0.05, 0.1) is 0 Å². The molecule has 0 bridgehead atoms. The van der Waals surface area contributed by atoms with Crippen LogP contribution in [-0.4, -0.2) is 17.6 Å². The van der Waals surface area contributed by atoms with Gasteiger partial charge in [0.2, 0.25) is 5.91 Å². The molecular weight excluding hydrogens is 244 g/mol. The van der Waals surface area contributed by atoms with Gasteiger partial charge in [0, 0.05) is 18.3 Å². The maximum atomic E-state index is 11.7. The standard InChI is InChI=1S/C14H20N2O3/c1-9-6-7-11(15-10(2)17)8-12(9)16-13(18)19-14(3,4)5/h6-8H,1-5H3,(H,15,17)(H,16,18). The number of hydrogen-bond acceptors (Lipinski definition) is 3. The summed E-state index contributed by atoms with van der Waals surface area (Å²) in [5.41, 5.74) is 1.58. The van der Waals surface area contributed by atoms with Gasteiger partial charge in [-0.2, -0.15) is 0 Å². The molecule has 0 heterocycles. The van der Waals surface area contributed by atoms with Gasteiger partial charge in [-0.15, -0.1) is 0 Å². The molecule has 0 aliphatic heterocycles.